The van der Waals surface area contributed by atoms with Gasteiger partial charge in [-0.15, -0.1) is 0 Å². The van der Waals surface area contributed by atoms with Crippen LogP contribution in [-0.4, -0.2) is 54.4 Å². The van der Waals surface area contributed by atoms with Crippen LogP contribution in [0, 0.1) is 5.92 Å². The number of amides is 1. The lowest BCUT2D eigenvalue weighted by Gasteiger charge is -2.39. The summed E-state index contributed by atoms with van der Waals surface area (Å²) in [5.41, 5.74) is 1.26. The molecule has 172 valence electrons. The summed E-state index contributed by atoms with van der Waals surface area (Å²) >= 11 is 0. The second kappa shape index (κ2) is 10.2. The molecule has 0 radical (unpaired) electrons. The number of ether oxygens (including phenoxy) is 3. The number of hydrogen-bond acceptors (Lipinski definition) is 5. The van der Waals surface area contributed by atoms with Crippen LogP contribution in [0.4, 0.5) is 0 Å². The quantitative estimate of drug-likeness (QED) is 0.378. The molecule has 1 spiro atoms. The van der Waals surface area contributed by atoms with E-state index in [1.807, 2.05) is 6.92 Å². The minimum atomic E-state index is -0.250. The molecule has 0 saturated carbocycles. The van der Waals surface area contributed by atoms with Crippen LogP contribution < -0.4 is 5.32 Å². The van der Waals surface area contributed by atoms with Crippen molar-refractivity contribution >= 4 is 11.7 Å². The maximum Gasteiger partial charge on any atom is 0.244 e. The smallest absolute Gasteiger partial charge is 0.244 e. The van der Waals surface area contributed by atoms with Crippen molar-refractivity contribution in [3.8, 4) is 0 Å². The van der Waals surface area contributed by atoms with Crippen molar-refractivity contribution in [2.45, 2.75) is 96.4 Å². The third kappa shape index (κ3) is 7.13. The predicted octanol–water partition coefficient (Wildman–Crippen LogP) is 3.66. The lowest BCUT2D eigenvalue weighted by molar-refractivity contribution is -0.124. The zero-order chi connectivity index (χ0) is 22.6. The summed E-state index contributed by atoms with van der Waals surface area (Å²) in [6.07, 6.45) is 13.1. The van der Waals surface area contributed by atoms with E-state index in [4.69, 9.17) is 14.2 Å². The molecule has 3 aliphatic rings. The predicted molar refractivity (Wildman–Crippen MR) is 120 cm³/mol. The number of hydrogen-bond donors (Lipinski definition) is 1. The standard InChI is InChI=1S/C25H37NO5/c1-16(6-9-21-14-25(15-29-25)13-19(4)30-21)7-10-23-17(2)12-22(20(5)31-23)26-24(28)11-8-18(3)27/h6-9,11,17,19-23H,10,12-15H2,1-5H3,(H,26,28)/b9-6+,11-8-,16-7+/t17-,19+,20+,21+,22+,23-,25-/m0/s1. The van der Waals surface area contributed by atoms with Gasteiger partial charge in [-0.1, -0.05) is 30.7 Å². The van der Waals surface area contributed by atoms with E-state index in [2.05, 4.69) is 44.3 Å². The SMILES string of the molecule is CC(=O)/C=C\C(=O)N[C@@H]1C[C@H](C)[C@H](C/C=C(C)/C=C/[C@@H]2C[C@]3(CO3)C[C@@H](C)O2)O[C@@H]1C. The van der Waals surface area contributed by atoms with Gasteiger partial charge in [-0.3, -0.25) is 9.59 Å². The number of epoxide rings is 1. The fourth-order valence-corrected chi connectivity index (χ4v) is 4.59. The van der Waals surface area contributed by atoms with Gasteiger partial charge < -0.3 is 19.5 Å². The molecule has 0 aromatic heterocycles. The van der Waals surface area contributed by atoms with Crippen molar-refractivity contribution in [1.82, 2.24) is 5.32 Å². The molecule has 0 bridgehead atoms. The lowest BCUT2D eigenvalue weighted by atomic mass is 9.88. The van der Waals surface area contributed by atoms with Crippen LogP contribution in [0.5, 0.6) is 0 Å². The fraction of sp³-hybridized carbons (Fsp3) is 0.680. The first-order valence-corrected chi connectivity index (χ1v) is 11.4. The highest BCUT2D eigenvalue weighted by atomic mass is 16.6. The van der Waals surface area contributed by atoms with Gasteiger partial charge in [0.25, 0.3) is 0 Å². The van der Waals surface area contributed by atoms with E-state index in [0.717, 1.165) is 32.3 Å². The Hall–Kier alpha value is -1.76. The van der Waals surface area contributed by atoms with Gasteiger partial charge in [-0.05, 0) is 52.5 Å². The Morgan fingerprint density at radius 3 is 2.48 bits per heavy atom. The number of carbonyl (C=O) groups is 2. The summed E-state index contributed by atoms with van der Waals surface area (Å²) in [5.74, 6) is -0.0711. The van der Waals surface area contributed by atoms with Crippen LogP contribution >= 0.6 is 0 Å². The number of rotatable bonds is 7. The minimum Gasteiger partial charge on any atom is -0.373 e. The first-order valence-electron chi connectivity index (χ1n) is 11.4. The largest absolute Gasteiger partial charge is 0.373 e. The molecular weight excluding hydrogens is 394 g/mol. The van der Waals surface area contributed by atoms with Crippen molar-refractivity contribution in [3.63, 3.8) is 0 Å². The van der Waals surface area contributed by atoms with Gasteiger partial charge in [0.05, 0.1) is 42.7 Å². The van der Waals surface area contributed by atoms with Crippen molar-refractivity contribution in [2.75, 3.05) is 6.61 Å². The molecule has 3 rings (SSSR count). The molecule has 1 amide bonds. The highest BCUT2D eigenvalue weighted by Gasteiger charge is 2.50. The summed E-state index contributed by atoms with van der Waals surface area (Å²) in [4.78, 5) is 23.0. The van der Waals surface area contributed by atoms with Crippen molar-refractivity contribution < 1.29 is 23.8 Å². The van der Waals surface area contributed by atoms with Crippen LogP contribution in [0.15, 0.2) is 36.0 Å². The Balaban J connectivity index is 1.47. The van der Waals surface area contributed by atoms with E-state index in [1.54, 1.807) is 0 Å². The summed E-state index contributed by atoms with van der Waals surface area (Å²) in [6.45, 7) is 10.7. The maximum absolute atomic E-state index is 12.0. The van der Waals surface area contributed by atoms with E-state index < -0.39 is 0 Å². The molecule has 6 nitrogen and oxygen atoms in total. The Labute approximate surface area is 186 Å². The molecular formula is C25H37NO5. The van der Waals surface area contributed by atoms with Crippen LogP contribution in [0.1, 0.15) is 60.3 Å². The summed E-state index contributed by atoms with van der Waals surface area (Å²) < 4.78 is 17.9. The molecule has 7 atom stereocenters. The topological polar surface area (TPSA) is 77.2 Å². The first-order chi connectivity index (χ1) is 14.7. The van der Waals surface area contributed by atoms with Gasteiger partial charge >= 0.3 is 0 Å². The van der Waals surface area contributed by atoms with Crippen LogP contribution in [-0.2, 0) is 23.8 Å². The molecule has 0 aromatic rings. The first kappa shape index (κ1) is 23.9. The summed E-state index contributed by atoms with van der Waals surface area (Å²) in [6, 6.07) is -0.0530. The van der Waals surface area contributed by atoms with E-state index in [-0.39, 0.29) is 47.7 Å². The third-order valence-electron chi connectivity index (χ3n) is 6.45. The molecule has 31 heavy (non-hydrogen) atoms. The number of allylic oxidation sites excluding steroid dienone is 3. The second-order valence-electron chi connectivity index (χ2n) is 9.56. The monoisotopic (exact) mass is 431 g/mol. The van der Waals surface area contributed by atoms with Gasteiger partial charge in [0, 0.05) is 18.9 Å². The van der Waals surface area contributed by atoms with E-state index in [0.29, 0.717) is 5.92 Å². The Morgan fingerprint density at radius 2 is 1.81 bits per heavy atom. The second-order valence-corrected chi connectivity index (χ2v) is 9.56. The van der Waals surface area contributed by atoms with E-state index >= 15 is 0 Å². The lowest BCUT2D eigenvalue weighted by Crippen LogP contribution is -2.50. The normalized spacial score (nSPS) is 38.7. The zero-order valence-electron chi connectivity index (χ0n) is 19.4. The number of ketones is 1. The molecule has 3 fully saturated rings. The summed E-state index contributed by atoms with van der Waals surface area (Å²) in [7, 11) is 0. The number of carbonyl (C=O) groups excluding carboxylic acids is 2. The third-order valence-corrected chi connectivity index (χ3v) is 6.45. The average molecular weight is 432 g/mol. The molecule has 3 aliphatic heterocycles. The fourth-order valence-electron chi connectivity index (χ4n) is 4.59. The maximum atomic E-state index is 12.0. The molecule has 3 saturated heterocycles. The Morgan fingerprint density at radius 1 is 1.06 bits per heavy atom. The molecule has 0 aliphatic carbocycles. The zero-order valence-corrected chi connectivity index (χ0v) is 19.4. The van der Waals surface area contributed by atoms with E-state index in [1.165, 1.54) is 24.6 Å². The van der Waals surface area contributed by atoms with Crippen LogP contribution in [0.3, 0.4) is 0 Å². The highest BCUT2D eigenvalue weighted by molar-refractivity contribution is 5.96. The van der Waals surface area contributed by atoms with Crippen molar-refractivity contribution in [3.05, 3.63) is 36.0 Å². The highest BCUT2D eigenvalue weighted by Crippen LogP contribution is 2.42. The molecule has 1 N–H and O–H groups in total. The van der Waals surface area contributed by atoms with Gasteiger partial charge in [-0.2, -0.15) is 0 Å². The molecule has 0 aromatic carbocycles. The minimum absolute atomic E-state index is 0.0530. The molecule has 3 heterocycles. The van der Waals surface area contributed by atoms with Gasteiger partial charge in [-0.25, -0.2) is 0 Å². The molecule has 6 heteroatoms. The van der Waals surface area contributed by atoms with Crippen molar-refractivity contribution in [2.24, 2.45) is 5.92 Å². The Bertz CT molecular complexity index is 751. The average Bonchev–Trinajstić information content (AvgIpc) is 3.43. The number of nitrogens with one attached hydrogen (secondary N) is 1. The van der Waals surface area contributed by atoms with Crippen LogP contribution in [0.25, 0.3) is 0 Å². The van der Waals surface area contributed by atoms with Crippen molar-refractivity contribution in [1.29, 1.82) is 0 Å². The summed E-state index contributed by atoms with van der Waals surface area (Å²) in [5, 5.41) is 2.96. The Kier molecular flexibility index (Phi) is 7.89. The van der Waals surface area contributed by atoms with Gasteiger partial charge in [0.1, 0.15) is 0 Å². The van der Waals surface area contributed by atoms with Gasteiger partial charge in [0.15, 0.2) is 5.78 Å². The van der Waals surface area contributed by atoms with E-state index in [9.17, 15) is 9.59 Å². The molecule has 0 unspecified atom stereocenters. The van der Waals surface area contributed by atoms with Crippen LogP contribution in [0.2, 0.25) is 0 Å². The van der Waals surface area contributed by atoms with Gasteiger partial charge in [0.2, 0.25) is 5.91 Å².